The first-order chi connectivity index (χ1) is 8.92. The average Bonchev–Trinajstić information content (AvgIpc) is 2.34. The third-order valence-corrected chi connectivity index (χ3v) is 4.45. The van der Waals surface area contributed by atoms with Crippen molar-refractivity contribution in [3.63, 3.8) is 0 Å². The number of amides is 1. The van der Waals surface area contributed by atoms with Crippen molar-refractivity contribution in [1.29, 1.82) is 0 Å². The molecule has 1 fully saturated rings. The molecule has 0 radical (unpaired) electrons. The number of aryl methyl sites for hydroxylation is 2. The molecule has 2 rings (SSSR count). The maximum absolute atomic E-state index is 12.5. The van der Waals surface area contributed by atoms with Crippen molar-refractivity contribution < 1.29 is 4.79 Å². The third kappa shape index (κ3) is 3.18. The molecule has 19 heavy (non-hydrogen) atoms. The quantitative estimate of drug-likeness (QED) is 0.875. The second-order valence-corrected chi connectivity index (χ2v) is 6.60. The van der Waals surface area contributed by atoms with Gasteiger partial charge in [0.1, 0.15) is 0 Å². The second-order valence-electron chi connectivity index (χ2n) is 5.68. The number of carbonyl (C=O) groups excluding carboxylic acids is 1. The Bertz CT molecular complexity index is 470. The first kappa shape index (κ1) is 14.5. The SMILES string of the molecule is Cc1cc(Br)cc(C)c1NC(=O)C1(C)CCNCC1. The Balaban J connectivity index is 2.19. The fourth-order valence-electron chi connectivity index (χ4n) is 2.58. The average molecular weight is 325 g/mol. The van der Waals surface area contributed by atoms with Crippen LogP contribution < -0.4 is 10.6 Å². The first-order valence-electron chi connectivity index (χ1n) is 6.71. The van der Waals surface area contributed by atoms with Crippen LogP contribution in [0.4, 0.5) is 5.69 Å². The van der Waals surface area contributed by atoms with E-state index in [-0.39, 0.29) is 11.3 Å². The van der Waals surface area contributed by atoms with Gasteiger partial charge in [0, 0.05) is 15.6 Å². The predicted octanol–water partition coefficient (Wildman–Crippen LogP) is 3.39. The number of benzene rings is 1. The highest BCUT2D eigenvalue weighted by Crippen LogP contribution is 2.32. The summed E-state index contributed by atoms with van der Waals surface area (Å²) in [5.74, 6) is 0.141. The van der Waals surface area contributed by atoms with E-state index in [0.29, 0.717) is 0 Å². The maximum atomic E-state index is 12.5. The van der Waals surface area contributed by atoms with Gasteiger partial charge in [0.15, 0.2) is 0 Å². The van der Waals surface area contributed by atoms with Crippen LogP contribution in [0.5, 0.6) is 0 Å². The molecule has 0 atom stereocenters. The normalized spacial score (nSPS) is 18.1. The monoisotopic (exact) mass is 324 g/mol. The first-order valence-corrected chi connectivity index (χ1v) is 7.51. The molecular weight excluding hydrogens is 304 g/mol. The van der Waals surface area contributed by atoms with Crippen molar-refractivity contribution in [2.45, 2.75) is 33.6 Å². The number of nitrogens with one attached hydrogen (secondary N) is 2. The van der Waals surface area contributed by atoms with Gasteiger partial charge in [-0.3, -0.25) is 4.79 Å². The summed E-state index contributed by atoms with van der Waals surface area (Å²) in [6.07, 6.45) is 1.79. The summed E-state index contributed by atoms with van der Waals surface area (Å²) in [4.78, 5) is 12.5. The minimum atomic E-state index is -0.253. The molecule has 1 heterocycles. The van der Waals surface area contributed by atoms with Gasteiger partial charge in [0.2, 0.25) is 5.91 Å². The molecule has 0 bridgehead atoms. The predicted molar refractivity (Wildman–Crippen MR) is 82.5 cm³/mol. The summed E-state index contributed by atoms with van der Waals surface area (Å²) in [5.41, 5.74) is 2.89. The minimum Gasteiger partial charge on any atom is -0.325 e. The van der Waals surface area contributed by atoms with Gasteiger partial charge in [0.25, 0.3) is 0 Å². The van der Waals surface area contributed by atoms with Crippen molar-refractivity contribution in [1.82, 2.24) is 5.32 Å². The van der Waals surface area contributed by atoms with Crippen molar-refractivity contribution in [3.05, 3.63) is 27.7 Å². The number of carbonyl (C=O) groups is 1. The molecule has 1 saturated heterocycles. The Morgan fingerprint density at radius 2 is 1.79 bits per heavy atom. The zero-order chi connectivity index (χ0) is 14.0. The Morgan fingerprint density at radius 1 is 1.26 bits per heavy atom. The van der Waals surface area contributed by atoms with Crippen molar-refractivity contribution in [3.8, 4) is 0 Å². The van der Waals surface area contributed by atoms with E-state index in [1.54, 1.807) is 0 Å². The lowest BCUT2D eigenvalue weighted by Gasteiger charge is -2.33. The molecular formula is C15H21BrN2O. The molecule has 1 aliphatic heterocycles. The van der Waals surface area contributed by atoms with Gasteiger partial charge >= 0.3 is 0 Å². The summed E-state index contributed by atoms with van der Waals surface area (Å²) in [6.45, 7) is 7.95. The highest BCUT2D eigenvalue weighted by molar-refractivity contribution is 9.10. The van der Waals surface area contributed by atoms with E-state index in [4.69, 9.17) is 0 Å². The number of halogens is 1. The molecule has 0 spiro atoms. The Labute approximate surface area is 123 Å². The van der Waals surface area contributed by atoms with Crippen molar-refractivity contribution in [2.24, 2.45) is 5.41 Å². The summed E-state index contributed by atoms with van der Waals surface area (Å²) < 4.78 is 1.05. The van der Waals surface area contributed by atoms with E-state index in [1.807, 2.05) is 26.0 Å². The van der Waals surface area contributed by atoms with Gasteiger partial charge in [-0.15, -0.1) is 0 Å². The van der Waals surface area contributed by atoms with Gasteiger partial charge < -0.3 is 10.6 Å². The lowest BCUT2D eigenvalue weighted by molar-refractivity contribution is -0.126. The highest BCUT2D eigenvalue weighted by Gasteiger charge is 2.34. The van der Waals surface area contributed by atoms with E-state index in [9.17, 15) is 4.79 Å². The lowest BCUT2D eigenvalue weighted by Crippen LogP contribution is -2.43. The van der Waals surface area contributed by atoms with Crippen LogP contribution in [0, 0.1) is 19.3 Å². The molecule has 3 nitrogen and oxygen atoms in total. The number of piperidine rings is 1. The topological polar surface area (TPSA) is 41.1 Å². The lowest BCUT2D eigenvalue weighted by atomic mass is 9.80. The van der Waals surface area contributed by atoms with E-state index in [1.165, 1.54) is 0 Å². The van der Waals surface area contributed by atoms with Gasteiger partial charge in [-0.1, -0.05) is 22.9 Å². The highest BCUT2D eigenvalue weighted by atomic mass is 79.9. The standard InChI is InChI=1S/C15H21BrN2O/c1-10-8-12(16)9-11(2)13(10)18-14(19)15(3)4-6-17-7-5-15/h8-9,17H,4-7H2,1-3H3,(H,18,19). The number of hydrogen-bond donors (Lipinski definition) is 2. The second kappa shape index (κ2) is 5.63. The van der Waals surface area contributed by atoms with Crippen LogP contribution in [0.25, 0.3) is 0 Å². The minimum absolute atomic E-state index is 0.141. The van der Waals surface area contributed by atoms with Crippen LogP contribution in [0.1, 0.15) is 30.9 Å². The van der Waals surface area contributed by atoms with Crippen LogP contribution in [-0.4, -0.2) is 19.0 Å². The zero-order valence-corrected chi connectivity index (χ0v) is 13.4. The Morgan fingerprint density at radius 3 is 2.32 bits per heavy atom. The van der Waals surface area contributed by atoms with Gasteiger partial charge in [-0.2, -0.15) is 0 Å². The van der Waals surface area contributed by atoms with E-state index >= 15 is 0 Å². The summed E-state index contributed by atoms with van der Waals surface area (Å²) in [5, 5.41) is 6.43. The number of rotatable bonds is 2. The molecule has 1 aromatic carbocycles. The van der Waals surface area contributed by atoms with Crippen LogP contribution in [0.2, 0.25) is 0 Å². The fraction of sp³-hybridized carbons (Fsp3) is 0.533. The van der Waals surface area contributed by atoms with Crippen LogP contribution in [0.3, 0.4) is 0 Å². The summed E-state index contributed by atoms with van der Waals surface area (Å²) in [6, 6.07) is 4.07. The number of hydrogen-bond acceptors (Lipinski definition) is 2. The smallest absolute Gasteiger partial charge is 0.230 e. The molecule has 2 N–H and O–H groups in total. The maximum Gasteiger partial charge on any atom is 0.230 e. The fourth-order valence-corrected chi connectivity index (χ4v) is 3.26. The molecule has 1 amide bonds. The van der Waals surface area contributed by atoms with Crippen molar-refractivity contribution >= 4 is 27.5 Å². The molecule has 104 valence electrons. The Kier molecular flexibility index (Phi) is 4.31. The van der Waals surface area contributed by atoms with E-state index in [2.05, 4.69) is 33.5 Å². The van der Waals surface area contributed by atoms with Crippen LogP contribution in [-0.2, 0) is 4.79 Å². The van der Waals surface area contributed by atoms with Crippen LogP contribution >= 0.6 is 15.9 Å². The molecule has 0 unspecified atom stereocenters. The molecule has 0 saturated carbocycles. The Hall–Kier alpha value is -0.870. The third-order valence-electron chi connectivity index (χ3n) is 3.99. The van der Waals surface area contributed by atoms with Gasteiger partial charge in [-0.05, 0) is 63.0 Å². The number of anilines is 1. The van der Waals surface area contributed by atoms with E-state index in [0.717, 1.165) is 47.2 Å². The molecule has 4 heteroatoms. The molecule has 1 aliphatic rings. The van der Waals surface area contributed by atoms with Crippen molar-refractivity contribution in [2.75, 3.05) is 18.4 Å². The van der Waals surface area contributed by atoms with E-state index < -0.39 is 0 Å². The van der Waals surface area contributed by atoms with Gasteiger partial charge in [0.05, 0.1) is 0 Å². The summed E-state index contributed by atoms with van der Waals surface area (Å²) >= 11 is 3.48. The zero-order valence-electron chi connectivity index (χ0n) is 11.8. The largest absolute Gasteiger partial charge is 0.325 e. The summed E-state index contributed by atoms with van der Waals surface area (Å²) in [7, 11) is 0. The van der Waals surface area contributed by atoms with Gasteiger partial charge in [-0.25, -0.2) is 0 Å². The molecule has 0 aromatic heterocycles. The van der Waals surface area contributed by atoms with Crippen LogP contribution in [0.15, 0.2) is 16.6 Å². The molecule has 1 aromatic rings. The molecule has 0 aliphatic carbocycles.